The third-order valence-corrected chi connectivity index (χ3v) is 6.40. The molecule has 0 saturated carbocycles. The number of anilines is 1. The first kappa shape index (κ1) is 23.3. The summed E-state index contributed by atoms with van der Waals surface area (Å²) >= 11 is 0. The number of primary amides is 1. The average Bonchev–Trinajstić information content (AvgIpc) is 2.87. The fourth-order valence-corrected chi connectivity index (χ4v) is 4.67. The Balaban J connectivity index is 1.82. The van der Waals surface area contributed by atoms with Crippen LogP contribution in [0.5, 0.6) is 0 Å². The molecule has 5 nitrogen and oxygen atoms in total. The molecule has 0 aromatic heterocycles. The van der Waals surface area contributed by atoms with Crippen LogP contribution in [0.15, 0.2) is 84.9 Å². The van der Waals surface area contributed by atoms with Crippen molar-refractivity contribution in [3.05, 3.63) is 107 Å². The number of rotatable bonds is 8. The number of carbonyl (C=O) groups excluding carboxylic acids is 1. The fourth-order valence-electron chi connectivity index (χ4n) is 4.67. The van der Waals surface area contributed by atoms with E-state index in [2.05, 4.69) is 35.2 Å². The van der Waals surface area contributed by atoms with E-state index in [4.69, 9.17) is 5.73 Å². The Labute approximate surface area is 200 Å². The molecule has 0 bridgehead atoms. The van der Waals surface area contributed by atoms with Gasteiger partial charge in [0.1, 0.15) is 0 Å². The average molecular weight is 455 g/mol. The van der Waals surface area contributed by atoms with Gasteiger partial charge in [0.15, 0.2) is 0 Å². The SMILES string of the molecule is NC(=O)C(/C(=C/Cc1ccccc1)c1ccccc1N1CCCCC1)c1ccc(C(=O)O)cc1. The topological polar surface area (TPSA) is 83.6 Å². The van der Waals surface area contributed by atoms with E-state index < -0.39 is 17.8 Å². The zero-order valence-corrected chi connectivity index (χ0v) is 19.2. The number of carbonyl (C=O) groups is 2. The molecule has 1 fully saturated rings. The van der Waals surface area contributed by atoms with E-state index in [-0.39, 0.29) is 5.56 Å². The number of para-hydroxylation sites is 1. The van der Waals surface area contributed by atoms with Crippen LogP contribution in [-0.2, 0) is 11.2 Å². The first-order valence-electron chi connectivity index (χ1n) is 11.8. The van der Waals surface area contributed by atoms with Crippen molar-refractivity contribution in [2.24, 2.45) is 5.73 Å². The van der Waals surface area contributed by atoms with Gasteiger partial charge in [-0.25, -0.2) is 4.79 Å². The van der Waals surface area contributed by atoms with Crippen LogP contribution in [0.2, 0.25) is 0 Å². The third kappa shape index (κ3) is 5.37. The van der Waals surface area contributed by atoms with Gasteiger partial charge in [0, 0.05) is 24.3 Å². The predicted octanol–water partition coefficient (Wildman–Crippen LogP) is 5.27. The highest BCUT2D eigenvalue weighted by molar-refractivity contribution is 5.99. The Morgan fingerprint density at radius 1 is 0.882 bits per heavy atom. The number of aromatic carboxylic acids is 1. The van der Waals surface area contributed by atoms with Gasteiger partial charge in [-0.2, -0.15) is 0 Å². The summed E-state index contributed by atoms with van der Waals surface area (Å²) < 4.78 is 0. The minimum Gasteiger partial charge on any atom is -0.478 e. The first-order chi connectivity index (χ1) is 16.5. The number of benzene rings is 3. The van der Waals surface area contributed by atoms with Crippen molar-refractivity contribution in [1.82, 2.24) is 0 Å². The molecule has 1 aliphatic rings. The highest BCUT2D eigenvalue weighted by Gasteiger charge is 2.27. The minimum absolute atomic E-state index is 0.176. The van der Waals surface area contributed by atoms with Gasteiger partial charge in [0.25, 0.3) is 0 Å². The van der Waals surface area contributed by atoms with Crippen LogP contribution in [0.1, 0.15) is 52.2 Å². The standard InChI is InChI=1S/C29H30N2O3/c30-28(32)27(22-14-16-23(17-15-22)29(33)34)25(18-13-21-9-3-1-4-10-21)24-11-5-6-12-26(24)31-19-7-2-8-20-31/h1,3-6,9-12,14-18,27H,2,7-8,13,19-20H2,(H2,30,32)(H,33,34)/b25-18+. The van der Waals surface area contributed by atoms with Gasteiger partial charge < -0.3 is 15.7 Å². The van der Waals surface area contributed by atoms with Crippen molar-refractivity contribution in [3.8, 4) is 0 Å². The molecular weight excluding hydrogens is 424 g/mol. The molecule has 1 aliphatic heterocycles. The molecule has 3 aromatic rings. The van der Waals surface area contributed by atoms with E-state index in [0.29, 0.717) is 12.0 Å². The molecule has 1 atom stereocenters. The molecule has 4 rings (SSSR count). The number of allylic oxidation sites excluding steroid dienone is 1. The van der Waals surface area contributed by atoms with Crippen LogP contribution in [0.3, 0.4) is 0 Å². The monoisotopic (exact) mass is 454 g/mol. The van der Waals surface area contributed by atoms with Gasteiger partial charge in [-0.1, -0.05) is 66.7 Å². The molecule has 1 saturated heterocycles. The number of hydrogen-bond acceptors (Lipinski definition) is 3. The molecule has 1 heterocycles. The molecule has 0 spiro atoms. The van der Waals surface area contributed by atoms with Crippen molar-refractivity contribution in [2.75, 3.05) is 18.0 Å². The lowest BCUT2D eigenvalue weighted by Crippen LogP contribution is -2.31. The smallest absolute Gasteiger partial charge is 0.335 e. The summed E-state index contributed by atoms with van der Waals surface area (Å²) in [7, 11) is 0. The summed E-state index contributed by atoms with van der Waals surface area (Å²) in [4.78, 5) is 26.6. The van der Waals surface area contributed by atoms with Crippen molar-refractivity contribution in [3.63, 3.8) is 0 Å². The molecule has 5 heteroatoms. The Kier molecular flexibility index (Phi) is 7.43. The Hall–Kier alpha value is -3.86. The van der Waals surface area contributed by atoms with Crippen molar-refractivity contribution < 1.29 is 14.7 Å². The maximum Gasteiger partial charge on any atom is 0.335 e. The molecule has 174 valence electrons. The summed E-state index contributed by atoms with van der Waals surface area (Å²) in [5.41, 5.74) is 10.9. The summed E-state index contributed by atoms with van der Waals surface area (Å²) in [5.74, 6) is -2.16. The maximum absolute atomic E-state index is 12.9. The van der Waals surface area contributed by atoms with Gasteiger partial charge in [-0.3, -0.25) is 4.79 Å². The number of carboxylic acid groups (broad SMARTS) is 1. The molecule has 34 heavy (non-hydrogen) atoms. The molecule has 0 aliphatic carbocycles. The number of nitrogens with zero attached hydrogens (tertiary/aromatic N) is 1. The highest BCUT2D eigenvalue weighted by atomic mass is 16.4. The minimum atomic E-state index is -1.00. The molecule has 1 unspecified atom stereocenters. The van der Waals surface area contributed by atoms with Crippen molar-refractivity contribution in [2.45, 2.75) is 31.6 Å². The Bertz CT molecular complexity index is 1160. The van der Waals surface area contributed by atoms with E-state index in [1.165, 1.54) is 18.6 Å². The van der Waals surface area contributed by atoms with E-state index in [9.17, 15) is 14.7 Å². The lowest BCUT2D eigenvalue weighted by molar-refractivity contribution is -0.118. The van der Waals surface area contributed by atoms with Crippen molar-refractivity contribution in [1.29, 1.82) is 0 Å². The fraction of sp³-hybridized carbons (Fsp3) is 0.241. The quantitative estimate of drug-likeness (QED) is 0.486. The summed E-state index contributed by atoms with van der Waals surface area (Å²) in [6, 6.07) is 24.7. The van der Waals surface area contributed by atoms with Crippen LogP contribution in [-0.4, -0.2) is 30.1 Å². The molecule has 1 amide bonds. The number of carboxylic acids is 1. The molecule has 0 radical (unpaired) electrons. The molecule has 3 aromatic carbocycles. The van der Waals surface area contributed by atoms with Gasteiger partial charge in [-0.05, 0) is 60.6 Å². The van der Waals surface area contributed by atoms with Gasteiger partial charge >= 0.3 is 5.97 Å². The summed E-state index contributed by atoms with van der Waals surface area (Å²) in [6.45, 7) is 1.97. The van der Waals surface area contributed by atoms with Gasteiger partial charge in [0.2, 0.25) is 5.91 Å². The number of hydrogen-bond donors (Lipinski definition) is 2. The second kappa shape index (κ2) is 10.8. The summed E-state index contributed by atoms with van der Waals surface area (Å²) in [5, 5.41) is 9.29. The molecule has 3 N–H and O–H groups in total. The van der Waals surface area contributed by atoms with Crippen LogP contribution in [0.25, 0.3) is 5.57 Å². The second-order valence-corrected chi connectivity index (χ2v) is 8.68. The van der Waals surface area contributed by atoms with E-state index in [1.807, 2.05) is 30.3 Å². The summed E-state index contributed by atoms with van der Waals surface area (Å²) in [6.07, 6.45) is 6.27. The van der Waals surface area contributed by atoms with E-state index in [0.717, 1.165) is 48.3 Å². The van der Waals surface area contributed by atoms with Crippen LogP contribution < -0.4 is 10.6 Å². The largest absolute Gasteiger partial charge is 0.478 e. The van der Waals surface area contributed by atoms with E-state index in [1.54, 1.807) is 12.1 Å². The number of piperidine rings is 1. The number of amides is 1. The lowest BCUT2D eigenvalue weighted by Gasteiger charge is -2.32. The Morgan fingerprint density at radius 3 is 2.18 bits per heavy atom. The second-order valence-electron chi connectivity index (χ2n) is 8.68. The molecular formula is C29H30N2O3. The first-order valence-corrected chi connectivity index (χ1v) is 11.8. The maximum atomic E-state index is 12.9. The Morgan fingerprint density at radius 2 is 1.53 bits per heavy atom. The van der Waals surface area contributed by atoms with Crippen molar-refractivity contribution >= 4 is 23.1 Å². The van der Waals surface area contributed by atoms with E-state index >= 15 is 0 Å². The zero-order chi connectivity index (χ0) is 23.9. The lowest BCUT2D eigenvalue weighted by atomic mass is 9.83. The van der Waals surface area contributed by atoms with Crippen LogP contribution >= 0.6 is 0 Å². The van der Waals surface area contributed by atoms with Crippen LogP contribution in [0.4, 0.5) is 5.69 Å². The van der Waals surface area contributed by atoms with Gasteiger partial charge in [-0.15, -0.1) is 0 Å². The number of nitrogens with two attached hydrogens (primary N) is 1. The normalized spacial score (nSPS) is 15.1. The van der Waals surface area contributed by atoms with Gasteiger partial charge in [0.05, 0.1) is 11.5 Å². The third-order valence-electron chi connectivity index (χ3n) is 6.40. The highest BCUT2D eigenvalue weighted by Crippen LogP contribution is 2.38. The van der Waals surface area contributed by atoms with Crippen LogP contribution in [0, 0.1) is 0 Å². The predicted molar refractivity (Wildman–Crippen MR) is 136 cm³/mol. The zero-order valence-electron chi connectivity index (χ0n) is 19.2.